The number of sulfonamides is 1. The molecule has 0 bridgehead atoms. The molecule has 0 saturated heterocycles. The number of hydrogen-bond acceptors (Lipinski definition) is 7. The molecule has 10 heteroatoms. The molecule has 1 unspecified atom stereocenters. The molecule has 0 amide bonds. The molecule has 0 saturated carbocycles. The van der Waals surface area contributed by atoms with Crippen LogP contribution >= 0.6 is 0 Å². The second-order valence-corrected chi connectivity index (χ2v) is 10.2. The fourth-order valence-corrected chi connectivity index (χ4v) is 4.28. The Morgan fingerprint density at radius 1 is 1.11 bits per heavy atom. The Bertz CT molecular complexity index is 1050. The van der Waals surface area contributed by atoms with Gasteiger partial charge in [0, 0.05) is 12.8 Å². The number of sulfone groups is 1. The summed E-state index contributed by atoms with van der Waals surface area (Å²) in [7, 11) is -2.28. The first kappa shape index (κ1) is 22.2. The Hall–Kier alpha value is -2.14. The zero-order chi connectivity index (χ0) is 21.1. The van der Waals surface area contributed by atoms with Crippen molar-refractivity contribution in [3.05, 3.63) is 48.0 Å². The summed E-state index contributed by atoms with van der Waals surface area (Å²) in [5.74, 6) is 0.721. The molecule has 0 heterocycles. The van der Waals surface area contributed by atoms with Crippen molar-refractivity contribution in [3.8, 4) is 5.75 Å². The van der Waals surface area contributed by atoms with Crippen molar-refractivity contribution in [1.82, 2.24) is 4.90 Å². The van der Waals surface area contributed by atoms with Crippen molar-refractivity contribution in [2.45, 2.75) is 15.8 Å². The molecule has 3 N–H and O–H groups in total. The minimum absolute atomic E-state index is 0.0829. The molecular formula is C18H25N3O5S2. The summed E-state index contributed by atoms with van der Waals surface area (Å²) in [6.45, 7) is 0.386. The van der Waals surface area contributed by atoms with E-state index in [-0.39, 0.29) is 15.8 Å². The molecule has 0 spiro atoms. The summed E-state index contributed by atoms with van der Waals surface area (Å²) in [6.07, 6.45) is 1.02. The summed E-state index contributed by atoms with van der Waals surface area (Å²) in [6, 6.07) is 11.3. The highest BCUT2D eigenvalue weighted by Gasteiger charge is 2.20. The maximum absolute atomic E-state index is 12.2. The summed E-state index contributed by atoms with van der Waals surface area (Å²) in [5.41, 5.74) is 1.29. The van der Waals surface area contributed by atoms with Crippen LogP contribution in [0.25, 0.3) is 0 Å². The van der Waals surface area contributed by atoms with Gasteiger partial charge in [0.05, 0.1) is 28.6 Å². The van der Waals surface area contributed by atoms with Gasteiger partial charge in [-0.05, 0) is 50.0 Å². The molecule has 0 radical (unpaired) electrons. The van der Waals surface area contributed by atoms with Gasteiger partial charge in [-0.25, -0.2) is 22.0 Å². The van der Waals surface area contributed by atoms with Crippen LogP contribution in [0.2, 0.25) is 0 Å². The number of anilines is 1. The first-order chi connectivity index (χ1) is 12.9. The third-order valence-corrected chi connectivity index (χ3v) is 6.32. The molecule has 0 fully saturated rings. The number of likely N-dealkylation sites (N-methyl/N-ethyl adjacent to an activating group) is 1. The second-order valence-electron chi connectivity index (χ2n) is 6.61. The average Bonchev–Trinajstić information content (AvgIpc) is 2.60. The third kappa shape index (κ3) is 5.44. The van der Waals surface area contributed by atoms with E-state index in [9.17, 15) is 16.8 Å². The van der Waals surface area contributed by atoms with Crippen LogP contribution in [0.1, 0.15) is 11.6 Å². The lowest BCUT2D eigenvalue weighted by atomic mass is 10.1. The molecule has 0 aliphatic rings. The molecule has 2 aromatic rings. The lowest BCUT2D eigenvalue weighted by Crippen LogP contribution is -2.27. The highest BCUT2D eigenvalue weighted by molar-refractivity contribution is 7.91. The molecule has 154 valence electrons. The van der Waals surface area contributed by atoms with Gasteiger partial charge in [-0.1, -0.05) is 12.1 Å². The zero-order valence-electron chi connectivity index (χ0n) is 16.2. The molecule has 0 aliphatic carbocycles. The number of methoxy groups -OCH3 is 1. The number of hydrogen-bond donors (Lipinski definition) is 2. The maximum atomic E-state index is 12.2. The Kier molecular flexibility index (Phi) is 6.71. The van der Waals surface area contributed by atoms with Crippen LogP contribution in [0, 0.1) is 0 Å². The summed E-state index contributed by atoms with van der Waals surface area (Å²) in [4.78, 5) is 1.61. The average molecular weight is 428 g/mol. The number of nitrogens with zero attached hydrogens (tertiary/aromatic N) is 1. The lowest BCUT2D eigenvalue weighted by Gasteiger charge is -2.26. The van der Waals surface area contributed by atoms with Crippen molar-refractivity contribution in [1.29, 1.82) is 0 Å². The standard InChI is InChI=1S/C18H25N3O5S2/c1-21(2)17(13-6-5-7-14(10-13)26-3)12-20-16-9-8-15(28(19,24)25)11-18(16)27(4,22)23/h5-11,17,20H,12H2,1-4H3,(H2,19,24,25). The van der Waals surface area contributed by atoms with Crippen LogP contribution in [0.5, 0.6) is 5.75 Å². The van der Waals surface area contributed by atoms with E-state index in [0.29, 0.717) is 12.2 Å². The topological polar surface area (TPSA) is 119 Å². The molecular weight excluding hydrogens is 402 g/mol. The van der Waals surface area contributed by atoms with E-state index in [1.165, 1.54) is 12.1 Å². The Morgan fingerprint density at radius 3 is 2.32 bits per heavy atom. The van der Waals surface area contributed by atoms with Crippen molar-refractivity contribution < 1.29 is 21.6 Å². The SMILES string of the molecule is COc1cccc(C(CNc2ccc(S(N)(=O)=O)cc2S(C)(=O)=O)N(C)C)c1. The van der Waals surface area contributed by atoms with Crippen LogP contribution in [0.4, 0.5) is 5.69 Å². The molecule has 0 aromatic heterocycles. The van der Waals surface area contributed by atoms with E-state index in [4.69, 9.17) is 9.88 Å². The maximum Gasteiger partial charge on any atom is 0.238 e. The largest absolute Gasteiger partial charge is 0.497 e. The Morgan fingerprint density at radius 2 is 1.79 bits per heavy atom. The van der Waals surface area contributed by atoms with Gasteiger partial charge in [0.1, 0.15) is 5.75 Å². The molecule has 28 heavy (non-hydrogen) atoms. The molecule has 0 aliphatic heterocycles. The number of primary sulfonamides is 1. The van der Waals surface area contributed by atoms with Crippen molar-refractivity contribution in [2.75, 3.05) is 39.3 Å². The number of benzene rings is 2. The zero-order valence-corrected chi connectivity index (χ0v) is 17.8. The number of nitrogens with one attached hydrogen (secondary N) is 1. The van der Waals surface area contributed by atoms with Gasteiger partial charge < -0.3 is 15.0 Å². The van der Waals surface area contributed by atoms with Crippen LogP contribution in [-0.4, -0.2) is 55.7 Å². The minimum Gasteiger partial charge on any atom is -0.497 e. The summed E-state index contributed by atoms with van der Waals surface area (Å²) < 4.78 is 52.7. The summed E-state index contributed by atoms with van der Waals surface area (Å²) in [5, 5.41) is 8.24. The van der Waals surface area contributed by atoms with E-state index in [0.717, 1.165) is 23.6 Å². The monoisotopic (exact) mass is 427 g/mol. The van der Waals surface area contributed by atoms with Crippen LogP contribution in [-0.2, 0) is 19.9 Å². The van der Waals surface area contributed by atoms with Gasteiger partial charge in [-0.3, -0.25) is 0 Å². The van der Waals surface area contributed by atoms with Gasteiger partial charge in [-0.2, -0.15) is 0 Å². The predicted molar refractivity (Wildman–Crippen MR) is 109 cm³/mol. The van der Waals surface area contributed by atoms with Gasteiger partial charge in [-0.15, -0.1) is 0 Å². The van der Waals surface area contributed by atoms with Gasteiger partial charge >= 0.3 is 0 Å². The number of ether oxygens (including phenoxy) is 1. The predicted octanol–water partition coefficient (Wildman–Crippen LogP) is 1.46. The van der Waals surface area contributed by atoms with Crippen molar-refractivity contribution in [3.63, 3.8) is 0 Å². The van der Waals surface area contributed by atoms with Crippen LogP contribution < -0.4 is 15.2 Å². The van der Waals surface area contributed by atoms with Gasteiger partial charge in [0.15, 0.2) is 9.84 Å². The van der Waals surface area contributed by atoms with E-state index < -0.39 is 19.9 Å². The smallest absolute Gasteiger partial charge is 0.238 e. The Labute approximate surface area is 166 Å². The van der Waals surface area contributed by atoms with Crippen molar-refractivity contribution in [2.24, 2.45) is 5.14 Å². The van der Waals surface area contributed by atoms with E-state index in [1.807, 2.05) is 43.3 Å². The molecule has 1 atom stereocenters. The molecule has 2 aromatic carbocycles. The fourth-order valence-electron chi connectivity index (χ4n) is 2.79. The van der Waals surface area contributed by atoms with Crippen molar-refractivity contribution >= 4 is 25.5 Å². The van der Waals surface area contributed by atoms with E-state index in [2.05, 4.69) is 5.32 Å². The van der Waals surface area contributed by atoms with E-state index in [1.54, 1.807) is 7.11 Å². The normalized spacial score (nSPS) is 13.4. The number of rotatable bonds is 8. The molecule has 2 rings (SSSR count). The first-order valence-corrected chi connectivity index (χ1v) is 11.8. The number of nitrogens with two attached hydrogens (primary N) is 1. The molecule has 8 nitrogen and oxygen atoms in total. The third-order valence-electron chi connectivity index (χ3n) is 4.27. The highest BCUT2D eigenvalue weighted by Crippen LogP contribution is 2.27. The Balaban J connectivity index is 2.38. The second kappa shape index (κ2) is 8.48. The lowest BCUT2D eigenvalue weighted by molar-refractivity contribution is 0.310. The van der Waals surface area contributed by atoms with Crippen LogP contribution in [0.3, 0.4) is 0 Å². The summed E-state index contributed by atoms with van der Waals surface area (Å²) >= 11 is 0. The minimum atomic E-state index is -4.01. The van der Waals surface area contributed by atoms with E-state index >= 15 is 0 Å². The van der Waals surface area contributed by atoms with Gasteiger partial charge in [0.25, 0.3) is 0 Å². The fraction of sp³-hybridized carbons (Fsp3) is 0.333. The van der Waals surface area contributed by atoms with Gasteiger partial charge in [0.2, 0.25) is 10.0 Å². The highest BCUT2D eigenvalue weighted by atomic mass is 32.2. The van der Waals surface area contributed by atoms with Crippen LogP contribution in [0.15, 0.2) is 52.3 Å². The quantitative estimate of drug-likeness (QED) is 0.655. The first-order valence-electron chi connectivity index (χ1n) is 8.34.